The number of nitrogens with zero attached hydrogens (tertiary/aromatic N) is 3. The Morgan fingerprint density at radius 1 is 1.48 bits per heavy atom. The predicted molar refractivity (Wildman–Crippen MR) is 93.0 cm³/mol. The summed E-state index contributed by atoms with van der Waals surface area (Å²) >= 11 is 6.78. The Balaban J connectivity index is 1.94. The molecule has 0 spiro atoms. The largest absolute Gasteiger partial charge is 0.504 e. The molecule has 0 unspecified atom stereocenters. The summed E-state index contributed by atoms with van der Waals surface area (Å²) in [4.78, 5) is 0.968. The van der Waals surface area contributed by atoms with Gasteiger partial charge in [0.25, 0.3) is 0 Å². The average Bonchev–Trinajstić information content (AvgIpc) is 3.18. The summed E-state index contributed by atoms with van der Waals surface area (Å²) in [5.41, 5.74) is 0.784. The van der Waals surface area contributed by atoms with Crippen LogP contribution >= 0.6 is 23.6 Å². The Morgan fingerprint density at radius 3 is 3.09 bits per heavy atom. The van der Waals surface area contributed by atoms with Gasteiger partial charge in [0.2, 0.25) is 4.77 Å². The smallest absolute Gasteiger partial charge is 0.216 e. The highest BCUT2D eigenvalue weighted by Gasteiger charge is 2.09. The van der Waals surface area contributed by atoms with Crippen molar-refractivity contribution in [3.63, 3.8) is 0 Å². The SMILES string of the molecule is CCOc1cc(/C=N\n2c(-c3cccs3)n[nH]c2=S)ccc1O. The average molecular weight is 346 g/mol. The molecule has 0 fully saturated rings. The van der Waals surface area contributed by atoms with Crippen LogP contribution in [0.4, 0.5) is 0 Å². The molecule has 0 amide bonds. The van der Waals surface area contributed by atoms with Gasteiger partial charge in [0.05, 0.1) is 17.7 Å². The standard InChI is InChI=1S/C15H14N4O2S2/c1-2-21-12-8-10(5-6-11(12)20)9-16-19-14(17-18-15(19)22)13-4-3-7-23-13/h3-9,20H,2H2,1H3,(H,18,22)/b16-9-. The fraction of sp³-hybridized carbons (Fsp3) is 0.133. The molecule has 6 nitrogen and oxygen atoms in total. The van der Waals surface area contributed by atoms with E-state index in [1.165, 1.54) is 0 Å². The summed E-state index contributed by atoms with van der Waals surface area (Å²) < 4.78 is 7.34. The Labute approximate surface area is 141 Å². The second-order valence-electron chi connectivity index (χ2n) is 4.55. The fourth-order valence-corrected chi connectivity index (χ4v) is 2.85. The van der Waals surface area contributed by atoms with E-state index in [0.29, 0.717) is 23.0 Å². The predicted octanol–water partition coefficient (Wildman–Crippen LogP) is 3.66. The van der Waals surface area contributed by atoms with Crippen molar-refractivity contribution in [1.82, 2.24) is 14.9 Å². The van der Waals surface area contributed by atoms with Crippen molar-refractivity contribution in [2.24, 2.45) is 5.10 Å². The lowest BCUT2D eigenvalue weighted by molar-refractivity contribution is 0.318. The lowest BCUT2D eigenvalue weighted by atomic mass is 10.2. The van der Waals surface area contributed by atoms with Crippen molar-refractivity contribution in [2.45, 2.75) is 6.92 Å². The molecule has 8 heteroatoms. The molecule has 23 heavy (non-hydrogen) atoms. The first kappa shape index (κ1) is 15.4. The van der Waals surface area contributed by atoms with Crippen LogP contribution in [-0.4, -0.2) is 32.8 Å². The topological polar surface area (TPSA) is 75.4 Å². The highest BCUT2D eigenvalue weighted by molar-refractivity contribution is 7.71. The van der Waals surface area contributed by atoms with Gasteiger partial charge in [0.15, 0.2) is 17.3 Å². The molecular formula is C15H14N4O2S2. The summed E-state index contributed by atoms with van der Waals surface area (Å²) in [7, 11) is 0. The minimum absolute atomic E-state index is 0.100. The van der Waals surface area contributed by atoms with Crippen molar-refractivity contribution in [1.29, 1.82) is 0 Å². The van der Waals surface area contributed by atoms with Gasteiger partial charge in [-0.1, -0.05) is 6.07 Å². The molecule has 0 aliphatic rings. The third kappa shape index (κ3) is 3.33. The van der Waals surface area contributed by atoms with E-state index in [-0.39, 0.29) is 5.75 Å². The lowest BCUT2D eigenvalue weighted by Gasteiger charge is -2.06. The molecule has 3 rings (SSSR count). The lowest BCUT2D eigenvalue weighted by Crippen LogP contribution is -1.95. The summed E-state index contributed by atoms with van der Waals surface area (Å²) in [6, 6.07) is 8.93. The van der Waals surface area contributed by atoms with Crippen molar-refractivity contribution in [2.75, 3.05) is 6.61 Å². The van der Waals surface area contributed by atoms with Crippen LogP contribution in [0.5, 0.6) is 11.5 Å². The molecule has 0 saturated carbocycles. The van der Waals surface area contributed by atoms with Gasteiger partial charge < -0.3 is 9.84 Å². The first-order valence-corrected chi connectivity index (χ1v) is 8.19. The zero-order chi connectivity index (χ0) is 16.2. The number of hydrogen-bond donors (Lipinski definition) is 2. The number of thiophene rings is 1. The number of aromatic hydroxyl groups is 1. The van der Waals surface area contributed by atoms with Gasteiger partial charge in [-0.15, -0.1) is 11.3 Å². The first-order chi connectivity index (χ1) is 11.2. The summed E-state index contributed by atoms with van der Waals surface area (Å²) in [6.07, 6.45) is 1.64. The molecule has 0 saturated heterocycles. The van der Waals surface area contributed by atoms with Gasteiger partial charge in [0, 0.05) is 0 Å². The van der Waals surface area contributed by atoms with Gasteiger partial charge in [-0.3, -0.25) is 0 Å². The number of nitrogens with one attached hydrogen (secondary N) is 1. The monoisotopic (exact) mass is 346 g/mol. The Hall–Kier alpha value is -2.45. The van der Waals surface area contributed by atoms with E-state index in [4.69, 9.17) is 17.0 Å². The molecule has 0 aliphatic heterocycles. The number of aromatic nitrogens is 3. The molecule has 0 aliphatic carbocycles. The number of phenolic OH excluding ortho intramolecular Hbond substituents is 1. The second kappa shape index (κ2) is 6.76. The molecule has 2 aromatic heterocycles. The van der Waals surface area contributed by atoms with E-state index in [1.54, 1.807) is 40.4 Å². The van der Waals surface area contributed by atoms with E-state index in [2.05, 4.69) is 15.3 Å². The zero-order valence-electron chi connectivity index (χ0n) is 12.3. The van der Waals surface area contributed by atoms with E-state index < -0.39 is 0 Å². The van der Waals surface area contributed by atoms with Gasteiger partial charge in [-0.25, -0.2) is 5.10 Å². The number of H-pyrrole nitrogens is 1. The van der Waals surface area contributed by atoms with Crippen LogP contribution in [0.2, 0.25) is 0 Å². The van der Waals surface area contributed by atoms with Crippen LogP contribution < -0.4 is 4.74 Å². The van der Waals surface area contributed by atoms with Crippen molar-refractivity contribution < 1.29 is 9.84 Å². The van der Waals surface area contributed by atoms with Gasteiger partial charge in [-0.2, -0.15) is 14.9 Å². The molecule has 0 atom stereocenters. The third-order valence-electron chi connectivity index (χ3n) is 3.00. The number of hydrogen-bond acceptors (Lipinski definition) is 6. The molecule has 118 valence electrons. The maximum atomic E-state index is 9.73. The zero-order valence-corrected chi connectivity index (χ0v) is 13.9. The van der Waals surface area contributed by atoms with Crippen molar-refractivity contribution in [3.05, 3.63) is 46.0 Å². The van der Waals surface area contributed by atoms with Crippen LogP contribution in [0.15, 0.2) is 40.8 Å². The number of aromatic amines is 1. The number of phenols is 1. The fourth-order valence-electron chi connectivity index (χ4n) is 1.97. The third-order valence-corrected chi connectivity index (χ3v) is 4.13. The van der Waals surface area contributed by atoms with Crippen LogP contribution in [0.1, 0.15) is 12.5 Å². The molecule has 2 heterocycles. The Bertz CT molecular complexity index is 881. The highest BCUT2D eigenvalue weighted by Crippen LogP contribution is 2.26. The molecule has 1 aromatic carbocycles. The highest BCUT2D eigenvalue weighted by atomic mass is 32.1. The maximum Gasteiger partial charge on any atom is 0.216 e. The maximum absolute atomic E-state index is 9.73. The number of benzene rings is 1. The van der Waals surface area contributed by atoms with E-state index in [9.17, 15) is 5.11 Å². The molecule has 0 radical (unpaired) electrons. The van der Waals surface area contributed by atoms with Crippen molar-refractivity contribution in [3.8, 4) is 22.2 Å². The Kier molecular flexibility index (Phi) is 4.54. The van der Waals surface area contributed by atoms with Gasteiger partial charge in [0.1, 0.15) is 0 Å². The molecule has 0 bridgehead atoms. The van der Waals surface area contributed by atoms with E-state index in [0.717, 1.165) is 10.4 Å². The van der Waals surface area contributed by atoms with Crippen LogP contribution in [0, 0.1) is 4.77 Å². The minimum atomic E-state index is 0.100. The summed E-state index contributed by atoms with van der Waals surface area (Å²) in [5, 5.41) is 23.0. The van der Waals surface area contributed by atoms with Crippen LogP contribution in [-0.2, 0) is 0 Å². The Morgan fingerprint density at radius 2 is 2.35 bits per heavy atom. The number of ether oxygens (including phenoxy) is 1. The van der Waals surface area contributed by atoms with Gasteiger partial charge in [-0.05, 0) is 54.4 Å². The first-order valence-electron chi connectivity index (χ1n) is 6.90. The van der Waals surface area contributed by atoms with Gasteiger partial charge >= 0.3 is 0 Å². The molecular weight excluding hydrogens is 332 g/mol. The van der Waals surface area contributed by atoms with E-state index in [1.807, 2.05) is 24.4 Å². The van der Waals surface area contributed by atoms with Crippen molar-refractivity contribution >= 4 is 29.8 Å². The summed E-state index contributed by atoms with van der Waals surface area (Å²) in [6.45, 7) is 2.34. The number of rotatable bonds is 5. The second-order valence-corrected chi connectivity index (χ2v) is 5.88. The minimum Gasteiger partial charge on any atom is -0.504 e. The quantitative estimate of drug-likeness (QED) is 0.546. The molecule has 2 N–H and O–H groups in total. The molecule has 3 aromatic rings. The van der Waals surface area contributed by atoms with E-state index >= 15 is 0 Å². The van der Waals surface area contributed by atoms with Crippen LogP contribution in [0.25, 0.3) is 10.7 Å². The normalized spacial score (nSPS) is 11.2. The summed E-state index contributed by atoms with van der Waals surface area (Å²) in [5.74, 6) is 1.18. The van der Waals surface area contributed by atoms with Crippen LogP contribution in [0.3, 0.4) is 0 Å².